The summed E-state index contributed by atoms with van der Waals surface area (Å²) < 4.78 is 14.7. The SMILES string of the molecule is O=C1OCOCc2cc3cc4c(cc3cc21)C(=O)OC4=O. The molecule has 0 saturated carbocycles. The number of cyclic esters (lactones) is 3. The van der Waals surface area contributed by atoms with E-state index in [9.17, 15) is 14.4 Å². The van der Waals surface area contributed by atoms with Crippen molar-refractivity contribution in [2.24, 2.45) is 0 Å². The van der Waals surface area contributed by atoms with Gasteiger partial charge in [0, 0.05) is 0 Å². The molecule has 0 N–H and O–H groups in total. The van der Waals surface area contributed by atoms with Crippen LogP contribution < -0.4 is 0 Å². The molecule has 0 atom stereocenters. The molecule has 0 amide bonds. The average Bonchev–Trinajstić information content (AvgIpc) is 2.63. The number of hydrogen-bond donors (Lipinski definition) is 0. The van der Waals surface area contributed by atoms with Gasteiger partial charge in [0.2, 0.25) is 0 Å². The lowest BCUT2D eigenvalue weighted by Gasteiger charge is -2.06. The molecule has 2 aliphatic rings. The summed E-state index contributed by atoms with van der Waals surface area (Å²) in [5.41, 5.74) is 1.54. The zero-order valence-electron chi connectivity index (χ0n) is 10.7. The molecular weight excluding hydrogens is 276 g/mol. The minimum absolute atomic E-state index is 0.0921. The van der Waals surface area contributed by atoms with Crippen molar-refractivity contribution in [3.63, 3.8) is 0 Å². The van der Waals surface area contributed by atoms with E-state index in [4.69, 9.17) is 9.47 Å². The maximum Gasteiger partial charge on any atom is 0.346 e. The van der Waals surface area contributed by atoms with Gasteiger partial charge in [-0.05, 0) is 40.6 Å². The van der Waals surface area contributed by atoms with Gasteiger partial charge in [-0.25, -0.2) is 14.4 Å². The molecule has 0 aliphatic carbocycles. The van der Waals surface area contributed by atoms with E-state index in [1.807, 2.05) is 0 Å². The monoisotopic (exact) mass is 284 g/mol. The number of hydrogen-bond acceptors (Lipinski definition) is 6. The van der Waals surface area contributed by atoms with Gasteiger partial charge in [-0.2, -0.15) is 0 Å². The Hall–Kier alpha value is -2.73. The standard InChI is InChI=1S/C15H8O6/c16-13-10-2-8-4-12-11(14(17)21-15(12)18)3-7(8)1-9(10)5-19-6-20-13/h1-4H,5-6H2. The maximum atomic E-state index is 11.9. The summed E-state index contributed by atoms with van der Waals surface area (Å²) in [6.07, 6.45) is 0. The van der Waals surface area contributed by atoms with Gasteiger partial charge in [-0.3, -0.25) is 0 Å². The summed E-state index contributed by atoms with van der Waals surface area (Å²) >= 11 is 0. The summed E-state index contributed by atoms with van der Waals surface area (Å²) in [6.45, 7) is 0.155. The predicted molar refractivity (Wildman–Crippen MR) is 68.8 cm³/mol. The van der Waals surface area contributed by atoms with Crippen LogP contribution in [0.25, 0.3) is 10.8 Å². The van der Waals surface area contributed by atoms with Gasteiger partial charge in [0.25, 0.3) is 0 Å². The highest BCUT2D eigenvalue weighted by molar-refractivity contribution is 6.17. The van der Waals surface area contributed by atoms with Crippen LogP contribution in [0.1, 0.15) is 36.6 Å². The molecule has 6 nitrogen and oxygen atoms in total. The van der Waals surface area contributed by atoms with Crippen molar-refractivity contribution < 1.29 is 28.6 Å². The number of carbonyl (C=O) groups excluding carboxylic acids is 3. The van der Waals surface area contributed by atoms with E-state index in [-0.39, 0.29) is 24.5 Å². The number of fused-ring (bicyclic) bond motifs is 3. The Kier molecular flexibility index (Phi) is 2.37. The van der Waals surface area contributed by atoms with Crippen molar-refractivity contribution in [2.75, 3.05) is 6.79 Å². The molecule has 0 saturated heterocycles. The molecule has 0 bridgehead atoms. The summed E-state index contributed by atoms with van der Waals surface area (Å²) in [5.74, 6) is -1.79. The average molecular weight is 284 g/mol. The Morgan fingerprint density at radius 3 is 2.10 bits per heavy atom. The molecule has 21 heavy (non-hydrogen) atoms. The van der Waals surface area contributed by atoms with Gasteiger partial charge in [0.15, 0.2) is 6.79 Å². The second-order valence-electron chi connectivity index (χ2n) is 4.83. The topological polar surface area (TPSA) is 78.9 Å². The van der Waals surface area contributed by atoms with Crippen LogP contribution in [0.3, 0.4) is 0 Å². The fraction of sp³-hybridized carbons (Fsp3) is 0.133. The molecule has 0 fully saturated rings. The summed E-state index contributed by atoms with van der Waals surface area (Å²) in [7, 11) is 0. The third-order valence-corrected chi connectivity index (χ3v) is 3.57. The zero-order valence-corrected chi connectivity index (χ0v) is 10.7. The lowest BCUT2D eigenvalue weighted by atomic mass is 9.97. The predicted octanol–water partition coefficient (Wildman–Crippen LogP) is 1.79. The van der Waals surface area contributed by atoms with Crippen LogP contribution in [0.4, 0.5) is 0 Å². The van der Waals surface area contributed by atoms with Crippen molar-refractivity contribution >= 4 is 28.7 Å². The minimum atomic E-state index is -0.669. The first-order valence-corrected chi connectivity index (χ1v) is 6.25. The fourth-order valence-corrected chi connectivity index (χ4v) is 2.56. The third-order valence-electron chi connectivity index (χ3n) is 3.57. The number of esters is 3. The molecule has 2 aromatic rings. The van der Waals surface area contributed by atoms with Crippen LogP contribution in [0.2, 0.25) is 0 Å². The molecule has 0 aromatic heterocycles. The van der Waals surface area contributed by atoms with Crippen molar-refractivity contribution in [1.29, 1.82) is 0 Å². The molecule has 2 aromatic carbocycles. The number of benzene rings is 2. The molecule has 4 rings (SSSR count). The van der Waals surface area contributed by atoms with Crippen molar-refractivity contribution in [2.45, 2.75) is 6.61 Å². The number of ether oxygens (including phenoxy) is 3. The van der Waals surface area contributed by atoms with Crippen LogP contribution in [-0.2, 0) is 20.8 Å². The van der Waals surface area contributed by atoms with E-state index < -0.39 is 17.9 Å². The second kappa shape index (κ2) is 4.13. The lowest BCUT2D eigenvalue weighted by molar-refractivity contribution is -0.0313. The molecule has 104 valence electrons. The van der Waals surface area contributed by atoms with Gasteiger partial charge in [-0.1, -0.05) is 0 Å². The Balaban J connectivity index is 1.99. The Morgan fingerprint density at radius 2 is 1.38 bits per heavy atom. The molecule has 0 radical (unpaired) electrons. The largest absolute Gasteiger partial charge is 0.435 e. The quantitative estimate of drug-likeness (QED) is 0.542. The van der Waals surface area contributed by atoms with Crippen molar-refractivity contribution in [3.8, 4) is 0 Å². The van der Waals surface area contributed by atoms with E-state index in [2.05, 4.69) is 4.74 Å². The molecule has 2 aliphatic heterocycles. The number of carbonyl (C=O) groups is 3. The summed E-state index contributed by atoms with van der Waals surface area (Å²) in [4.78, 5) is 35.0. The first kappa shape index (κ1) is 12.0. The van der Waals surface area contributed by atoms with Crippen LogP contribution in [0.15, 0.2) is 24.3 Å². The van der Waals surface area contributed by atoms with E-state index in [0.29, 0.717) is 16.5 Å². The van der Waals surface area contributed by atoms with Gasteiger partial charge >= 0.3 is 17.9 Å². The molecule has 2 heterocycles. The fourth-order valence-electron chi connectivity index (χ4n) is 2.56. The highest BCUT2D eigenvalue weighted by Crippen LogP contribution is 2.29. The third kappa shape index (κ3) is 1.73. The van der Waals surface area contributed by atoms with E-state index in [1.165, 1.54) is 0 Å². The van der Waals surface area contributed by atoms with Crippen LogP contribution in [-0.4, -0.2) is 24.7 Å². The first-order valence-electron chi connectivity index (χ1n) is 6.25. The normalized spacial score (nSPS) is 17.0. The summed E-state index contributed by atoms with van der Waals surface area (Å²) in [6, 6.07) is 6.54. The lowest BCUT2D eigenvalue weighted by Crippen LogP contribution is -2.05. The van der Waals surface area contributed by atoms with Crippen LogP contribution in [0, 0.1) is 0 Å². The van der Waals surface area contributed by atoms with Gasteiger partial charge in [-0.15, -0.1) is 0 Å². The minimum Gasteiger partial charge on any atom is -0.435 e. The smallest absolute Gasteiger partial charge is 0.346 e. The molecule has 6 heteroatoms. The van der Waals surface area contributed by atoms with Crippen molar-refractivity contribution in [3.05, 3.63) is 46.5 Å². The van der Waals surface area contributed by atoms with Gasteiger partial charge < -0.3 is 14.2 Å². The van der Waals surface area contributed by atoms with Crippen molar-refractivity contribution in [1.82, 2.24) is 0 Å². The molecule has 0 unspecified atom stereocenters. The second-order valence-corrected chi connectivity index (χ2v) is 4.83. The highest BCUT2D eigenvalue weighted by atomic mass is 16.7. The van der Waals surface area contributed by atoms with Crippen LogP contribution in [0.5, 0.6) is 0 Å². The molecular formula is C15H8O6. The van der Waals surface area contributed by atoms with Gasteiger partial charge in [0.1, 0.15) is 0 Å². The van der Waals surface area contributed by atoms with Gasteiger partial charge in [0.05, 0.1) is 23.3 Å². The Morgan fingerprint density at radius 1 is 0.762 bits per heavy atom. The first-order chi connectivity index (χ1) is 10.1. The Labute approximate surface area is 118 Å². The maximum absolute atomic E-state index is 11.9. The van der Waals surface area contributed by atoms with E-state index >= 15 is 0 Å². The molecule has 0 spiro atoms. The van der Waals surface area contributed by atoms with Crippen LogP contribution >= 0.6 is 0 Å². The zero-order chi connectivity index (χ0) is 14.6. The number of rotatable bonds is 0. The highest BCUT2D eigenvalue weighted by Gasteiger charge is 2.30. The van der Waals surface area contributed by atoms with E-state index in [1.54, 1.807) is 24.3 Å². The summed E-state index contributed by atoms with van der Waals surface area (Å²) in [5, 5.41) is 1.40. The Bertz CT molecular complexity index is 836. The van der Waals surface area contributed by atoms with E-state index in [0.717, 1.165) is 5.39 Å².